The van der Waals surface area contributed by atoms with Gasteiger partial charge in [0.15, 0.2) is 17.7 Å². The van der Waals surface area contributed by atoms with Crippen molar-refractivity contribution in [2.45, 2.75) is 44.4 Å². The number of rotatable bonds is 3. The largest absolute Gasteiger partial charge is 0.464 e. The SMILES string of the molecule is CCOC(=O)[C@](O)(C1OC(C)(C)OCC1=O)C(F)(F)F. The number of ketones is 1. The van der Waals surface area contributed by atoms with Gasteiger partial charge in [-0.25, -0.2) is 4.79 Å². The fourth-order valence-corrected chi connectivity index (χ4v) is 1.63. The van der Waals surface area contributed by atoms with Gasteiger partial charge >= 0.3 is 12.1 Å². The minimum Gasteiger partial charge on any atom is -0.464 e. The first-order chi connectivity index (χ1) is 8.95. The average Bonchev–Trinajstić information content (AvgIpc) is 2.30. The van der Waals surface area contributed by atoms with Crippen LogP contribution in [-0.4, -0.2) is 53.7 Å². The number of aliphatic hydroxyl groups is 1. The van der Waals surface area contributed by atoms with Crippen LogP contribution in [0, 0.1) is 0 Å². The van der Waals surface area contributed by atoms with Gasteiger partial charge in [0, 0.05) is 0 Å². The minimum atomic E-state index is -5.44. The number of halogens is 3. The van der Waals surface area contributed by atoms with Crippen LogP contribution in [0.2, 0.25) is 0 Å². The third-order valence-corrected chi connectivity index (χ3v) is 2.65. The number of carbonyl (C=O) groups is 2. The molecule has 1 aliphatic rings. The maximum atomic E-state index is 13.1. The van der Waals surface area contributed by atoms with Gasteiger partial charge in [-0.3, -0.25) is 4.79 Å². The number of hydrogen-bond donors (Lipinski definition) is 1. The van der Waals surface area contributed by atoms with Crippen molar-refractivity contribution in [3.05, 3.63) is 0 Å². The van der Waals surface area contributed by atoms with Crippen molar-refractivity contribution in [1.29, 1.82) is 0 Å². The molecule has 20 heavy (non-hydrogen) atoms. The first-order valence-electron chi connectivity index (χ1n) is 5.76. The van der Waals surface area contributed by atoms with Crippen LogP contribution in [0.1, 0.15) is 20.8 Å². The molecule has 9 heteroatoms. The zero-order valence-electron chi connectivity index (χ0n) is 11.1. The van der Waals surface area contributed by atoms with Gasteiger partial charge in [0.2, 0.25) is 0 Å². The van der Waals surface area contributed by atoms with Gasteiger partial charge in [-0.05, 0) is 20.8 Å². The Kier molecular flexibility index (Phi) is 4.47. The summed E-state index contributed by atoms with van der Waals surface area (Å²) < 4.78 is 53.1. The second-order valence-electron chi connectivity index (χ2n) is 4.64. The standard InChI is InChI=1S/C11H15F3O6/c1-4-18-8(16)10(17,11(12,13)14)7-6(15)5-19-9(2,3)20-7/h7,17H,4-5H2,1-3H3/t7?,10-/m1/s1. The van der Waals surface area contributed by atoms with Crippen LogP contribution in [0.3, 0.4) is 0 Å². The average molecular weight is 300 g/mol. The molecule has 1 fully saturated rings. The summed E-state index contributed by atoms with van der Waals surface area (Å²) in [4.78, 5) is 23.1. The predicted molar refractivity (Wildman–Crippen MR) is 57.5 cm³/mol. The molecule has 0 bridgehead atoms. The number of Topliss-reactive ketones (excluding diaryl/α,β-unsaturated/α-hetero) is 1. The summed E-state index contributed by atoms with van der Waals surface area (Å²) in [6, 6.07) is 0. The number of alkyl halides is 3. The van der Waals surface area contributed by atoms with E-state index < -0.39 is 48.6 Å². The predicted octanol–water partition coefficient (Wildman–Crippen LogP) is 0.563. The fraction of sp³-hybridized carbons (Fsp3) is 0.818. The van der Waals surface area contributed by atoms with Gasteiger partial charge < -0.3 is 19.3 Å². The van der Waals surface area contributed by atoms with E-state index in [-0.39, 0.29) is 0 Å². The smallest absolute Gasteiger partial charge is 0.431 e. The zero-order valence-corrected chi connectivity index (χ0v) is 11.1. The van der Waals surface area contributed by atoms with Crippen LogP contribution in [0.4, 0.5) is 13.2 Å². The summed E-state index contributed by atoms with van der Waals surface area (Å²) >= 11 is 0. The highest BCUT2D eigenvalue weighted by molar-refractivity contribution is 5.94. The highest BCUT2D eigenvalue weighted by atomic mass is 19.4. The highest BCUT2D eigenvalue weighted by Crippen LogP contribution is 2.39. The highest BCUT2D eigenvalue weighted by Gasteiger charge is 2.69. The number of carbonyl (C=O) groups excluding carboxylic acids is 2. The van der Waals surface area contributed by atoms with Gasteiger partial charge in [-0.2, -0.15) is 13.2 Å². The second-order valence-corrected chi connectivity index (χ2v) is 4.64. The Morgan fingerprint density at radius 2 is 2.05 bits per heavy atom. The molecule has 1 N–H and O–H groups in total. The third-order valence-electron chi connectivity index (χ3n) is 2.65. The lowest BCUT2D eigenvalue weighted by Gasteiger charge is -2.41. The Morgan fingerprint density at radius 3 is 2.50 bits per heavy atom. The molecule has 0 aliphatic carbocycles. The maximum absolute atomic E-state index is 13.1. The molecule has 0 radical (unpaired) electrons. The van der Waals surface area contributed by atoms with Crippen molar-refractivity contribution in [3.8, 4) is 0 Å². The van der Waals surface area contributed by atoms with E-state index in [9.17, 15) is 27.9 Å². The molecular weight excluding hydrogens is 285 g/mol. The Bertz CT molecular complexity index is 405. The lowest BCUT2D eigenvalue weighted by molar-refractivity contribution is -0.332. The number of esters is 1. The first kappa shape index (κ1) is 16.9. The molecule has 2 atom stereocenters. The molecule has 1 unspecified atom stereocenters. The van der Waals surface area contributed by atoms with E-state index in [0.29, 0.717) is 0 Å². The van der Waals surface area contributed by atoms with Gasteiger partial charge in [0.25, 0.3) is 5.60 Å². The summed E-state index contributed by atoms with van der Waals surface area (Å²) in [5.41, 5.74) is -4.07. The van der Waals surface area contributed by atoms with E-state index in [1.807, 2.05) is 0 Å². The zero-order chi connectivity index (χ0) is 15.8. The monoisotopic (exact) mass is 300 g/mol. The van der Waals surface area contributed by atoms with Crippen LogP contribution in [-0.2, 0) is 23.8 Å². The molecule has 1 heterocycles. The second kappa shape index (κ2) is 5.30. The molecular formula is C11H15F3O6. The van der Waals surface area contributed by atoms with Crippen molar-refractivity contribution in [2.75, 3.05) is 13.2 Å². The lowest BCUT2D eigenvalue weighted by atomic mass is 9.91. The van der Waals surface area contributed by atoms with Crippen molar-refractivity contribution in [3.63, 3.8) is 0 Å². The van der Waals surface area contributed by atoms with E-state index in [1.165, 1.54) is 20.8 Å². The summed E-state index contributed by atoms with van der Waals surface area (Å²) in [5, 5.41) is 9.77. The third kappa shape index (κ3) is 2.94. The van der Waals surface area contributed by atoms with Crippen molar-refractivity contribution in [2.24, 2.45) is 0 Å². The summed E-state index contributed by atoms with van der Waals surface area (Å²) in [7, 11) is 0. The Morgan fingerprint density at radius 1 is 1.50 bits per heavy atom. The van der Waals surface area contributed by atoms with Gasteiger partial charge in [0.1, 0.15) is 6.61 Å². The molecule has 116 valence electrons. The van der Waals surface area contributed by atoms with E-state index in [4.69, 9.17) is 9.47 Å². The Hall–Kier alpha value is -1.19. The van der Waals surface area contributed by atoms with Crippen molar-refractivity contribution in [1.82, 2.24) is 0 Å². The van der Waals surface area contributed by atoms with E-state index in [2.05, 4.69) is 4.74 Å². The maximum Gasteiger partial charge on any atom is 0.431 e. The molecule has 1 aliphatic heterocycles. The van der Waals surface area contributed by atoms with Crippen LogP contribution in [0.15, 0.2) is 0 Å². The van der Waals surface area contributed by atoms with Crippen molar-refractivity contribution < 1.29 is 42.1 Å². The van der Waals surface area contributed by atoms with E-state index in [0.717, 1.165) is 0 Å². The van der Waals surface area contributed by atoms with Gasteiger partial charge in [-0.15, -0.1) is 0 Å². The molecule has 1 rings (SSSR count). The van der Waals surface area contributed by atoms with E-state index >= 15 is 0 Å². The Labute approximate surface area is 112 Å². The molecule has 0 spiro atoms. The van der Waals surface area contributed by atoms with Crippen LogP contribution < -0.4 is 0 Å². The number of ether oxygens (including phenoxy) is 3. The Balaban J connectivity index is 3.23. The van der Waals surface area contributed by atoms with Gasteiger partial charge in [-0.1, -0.05) is 0 Å². The first-order valence-corrected chi connectivity index (χ1v) is 5.76. The summed E-state index contributed by atoms with van der Waals surface area (Å²) in [5.74, 6) is -4.73. The molecule has 0 aromatic rings. The summed E-state index contributed by atoms with van der Waals surface area (Å²) in [6.07, 6.45) is -7.88. The van der Waals surface area contributed by atoms with E-state index in [1.54, 1.807) is 0 Å². The quantitative estimate of drug-likeness (QED) is 0.767. The molecule has 0 aromatic carbocycles. The molecule has 0 amide bonds. The molecule has 0 aromatic heterocycles. The van der Waals surface area contributed by atoms with Crippen molar-refractivity contribution >= 4 is 11.8 Å². The minimum absolute atomic E-state index is 0.391. The molecule has 0 saturated carbocycles. The van der Waals surface area contributed by atoms with Gasteiger partial charge in [0.05, 0.1) is 6.61 Å². The normalized spacial score (nSPS) is 25.9. The lowest BCUT2D eigenvalue weighted by Crippen LogP contribution is -2.67. The molecule has 6 nitrogen and oxygen atoms in total. The van der Waals surface area contributed by atoms with Crippen LogP contribution in [0.25, 0.3) is 0 Å². The fourth-order valence-electron chi connectivity index (χ4n) is 1.63. The molecule has 1 saturated heterocycles. The topological polar surface area (TPSA) is 82.1 Å². The van der Waals surface area contributed by atoms with Crippen LogP contribution in [0.5, 0.6) is 0 Å². The summed E-state index contributed by atoms with van der Waals surface area (Å²) in [6.45, 7) is 2.68. The van der Waals surface area contributed by atoms with Crippen LogP contribution >= 0.6 is 0 Å². The number of hydrogen-bond acceptors (Lipinski definition) is 6.